The summed E-state index contributed by atoms with van der Waals surface area (Å²) in [5.74, 6) is 0.962. The number of fused-ring (bicyclic) bond motifs is 1. The number of anilines is 1. The second kappa shape index (κ2) is 10.2. The van der Waals surface area contributed by atoms with Gasteiger partial charge in [-0.25, -0.2) is 19.7 Å². The normalized spacial score (nSPS) is 15.2. The van der Waals surface area contributed by atoms with Crippen LogP contribution in [-0.4, -0.2) is 37.7 Å². The number of halogens is 3. The van der Waals surface area contributed by atoms with Crippen molar-refractivity contribution in [2.75, 3.05) is 12.0 Å². The second-order valence-corrected chi connectivity index (χ2v) is 10.4. The van der Waals surface area contributed by atoms with Gasteiger partial charge < -0.3 is 14.0 Å². The summed E-state index contributed by atoms with van der Waals surface area (Å²) in [5, 5.41) is 0. The quantitative estimate of drug-likeness (QED) is 0.251. The number of aromatic nitrogens is 5. The van der Waals surface area contributed by atoms with Crippen molar-refractivity contribution in [3.8, 4) is 28.5 Å². The van der Waals surface area contributed by atoms with E-state index in [-0.39, 0.29) is 25.0 Å². The topological polar surface area (TPSA) is 95.3 Å². The Balaban J connectivity index is 1.32. The van der Waals surface area contributed by atoms with Crippen LogP contribution < -0.4 is 9.64 Å². The molecule has 0 unspecified atom stereocenters. The van der Waals surface area contributed by atoms with Crippen molar-refractivity contribution in [1.82, 2.24) is 24.5 Å². The summed E-state index contributed by atoms with van der Waals surface area (Å²) < 4.78 is 52.5. The highest BCUT2D eigenvalue weighted by molar-refractivity contribution is 5.91. The summed E-state index contributed by atoms with van der Waals surface area (Å²) >= 11 is 0. The van der Waals surface area contributed by atoms with Crippen molar-refractivity contribution in [2.24, 2.45) is 0 Å². The zero-order valence-electron chi connectivity index (χ0n) is 22.6. The first-order valence-corrected chi connectivity index (χ1v) is 13.2. The Kier molecular flexibility index (Phi) is 6.63. The fourth-order valence-corrected chi connectivity index (χ4v) is 4.96. The Morgan fingerprint density at radius 1 is 1.12 bits per heavy atom. The third kappa shape index (κ3) is 5.09. The Bertz CT molecular complexity index is 1610. The summed E-state index contributed by atoms with van der Waals surface area (Å²) in [6, 6.07) is 8.56. The van der Waals surface area contributed by atoms with Crippen molar-refractivity contribution in [3.05, 3.63) is 71.6 Å². The Labute approximate surface area is 234 Å². The average molecular weight is 565 g/mol. The molecule has 4 heterocycles. The molecule has 4 aromatic rings. The van der Waals surface area contributed by atoms with Crippen molar-refractivity contribution < 1.29 is 27.4 Å². The smallest absolute Gasteiger partial charge is 0.434 e. The minimum atomic E-state index is -4.54. The molecule has 0 bridgehead atoms. The first-order chi connectivity index (χ1) is 19.6. The van der Waals surface area contributed by atoms with E-state index in [1.807, 2.05) is 6.07 Å². The predicted molar refractivity (Wildman–Crippen MR) is 143 cm³/mol. The number of hydrogen-bond acceptors (Lipinski definition) is 7. The fraction of sp³-hybridized carbons (Fsp3) is 0.345. The lowest BCUT2D eigenvalue weighted by atomic mass is 10.0. The third-order valence-corrected chi connectivity index (χ3v) is 7.21. The monoisotopic (exact) mass is 564 g/mol. The van der Waals surface area contributed by atoms with Gasteiger partial charge in [-0.15, -0.1) is 0 Å². The van der Waals surface area contributed by atoms with Crippen LogP contribution in [0.15, 0.2) is 49.1 Å². The van der Waals surface area contributed by atoms with Crippen LogP contribution in [0.3, 0.4) is 0 Å². The highest BCUT2D eigenvalue weighted by atomic mass is 19.4. The number of benzene rings is 1. The first kappa shape index (κ1) is 26.7. The standard InChI is InChI=1S/C29H27F3N6O3/c1-16(2)37-13-23(29(30,31)32)36-26(37)19-6-4-17(5-7-19)12-38-22-10-21(33-11-20(22)14-41-28(38)39)24-25(18-8-9-18)34-15-35-27(24)40-3/h4-7,10-11,13,15-16,18H,8-9,12,14H2,1-3H3. The fourth-order valence-electron chi connectivity index (χ4n) is 4.96. The van der Waals surface area contributed by atoms with E-state index in [9.17, 15) is 18.0 Å². The van der Waals surface area contributed by atoms with E-state index in [0.29, 0.717) is 34.3 Å². The van der Waals surface area contributed by atoms with Crippen LogP contribution >= 0.6 is 0 Å². The van der Waals surface area contributed by atoms with Gasteiger partial charge in [0.15, 0.2) is 5.69 Å². The van der Waals surface area contributed by atoms with Crippen molar-refractivity contribution in [3.63, 3.8) is 0 Å². The molecule has 1 amide bonds. The van der Waals surface area contributed by atoms with Crippen molar-refractivity contribution in [1.29, 1.82) is 0 Å². The minimum Gasteiger partial charge on any atom is -0.480 e. The molecule has 12 heteroatoms. The molecule has 9 nitrogen and oxygen atoms in total. The van der Waals surface area contributed by atoms with Gasteiger partial charge in [0.2, 0.25) is 5.88 Å². The molecule has 3 aromatic heterocycles. The molecule has 1 fully saturated rings. The lowest BCUT2D eigenvalue weighted by Gasteiger charge is -2.29. The van der Waals surface area contributed by atoms with E-state index in [2.05, 4.69) is 19.9 Å². The van der Waals surface area contributed by atoms with Gasteiger partial charge in [0.25, 0.3) is 0 Å². The lowest BCUT2D eigenvalue weighted by Crippen LogP contribution is -2.35. The summed E-state index contributed by atoms with van der Waals surface area (Å²) in [7, 11) is 1.55. The van der Waals surface area contributed by atoms with Gasteiger partial charge in [-0.2, -0.15) is 13.2 Å². The zero-order valence-corrected chi connectivity index (χ0v) is 22.6. The molecule has 6 rings (SSSR count). The number of carbonyl (C=O) groups is 1. The molecular weight excluding hydrogens is 537 g/mol. The highest BCUT2D eigenvalue weighted by Gasteiger charge is 2.36. The van der Waals surface area contributed by atoms with Gasteiger partial charge in [-0.3, -0.25) is 9.88 Å². The molecule has 0 spiro atoms. The molecule has 0 saturated heterocycles. The van der Waals surface area contributed by atoms with Gasteiger partial charge in [-0.1, -0.05) is 24.3 Å². The van der Waals surface area contributed by atoms with E-state index in [1.165, 1.54) is 15.8 Å². The van der Waals surface area contributed by atoms with Gasteiger partial charge in [-0.05, 0) is 38.3 Å². The maximum Gasteiger partial charge on any atom is 0.434 e. The molecule has 1 aliphatic heterocycles. The molecule has 1 saturated carbocycles. The number of cyclic esters (lactones) is 1. The van der Waals surface area contributed by atoms with Gasteiger partial charge in [0.05, 0.1) is 36.3 Å². The maximum absolute atomic E-state index is 13.3. The second-order valence-electron chi connectivity index (χ2n) is 10.4. The third-order valence-electron chi connectivity index (χ3n) is 7.21. The van der Waals surface area contributed by atoms with Gasteiger partial charge in [0, 0.05) is 35.5 Å². The van der Waals surface area contributed by atoms with Gasteiger partial charge in [0.1, 0.15) is 18.8 Å². The average Bonchev–Trinajstić information content (AvgIpc) is 3.70. The number of carbonyl (C=O) groups excluding carboxylic acids is 1. The van der Waals surface area contributed by atoms with Crippen LogP contribution in [0.25, 0.3) is 22.6 Å². The molecule has 1 aromatic carbocycles. The van der Waals surface area contributed by atoms with Crippen LogP contribution in [0.4, 0.5) is 23.7 Å². The van der Waals surface area contributed by atoms with E-state index in [0.717, 1.165) is 35.9 Å². The summed E-state index contributed by atoms with van der Waals surface area (Å²) in [6.45, 7) is 3.87. The van der Waals surface area contributed by atoms with Gasteiger partial charge >= 0.3 is 12.3 Å². The highest BCUT2D eigenvalue weighted by Crippen LogP contribution is 2.46. The summed E-state index contributed by atoms with van der Waals surface area (Å²) in [6.07, 6.45) is 1.20. The zero-order chi connectivity index (χ0) is 28.9. The van der Waals surface area contributed by atoms with Crippen LogP contribution in [0, 0.1) is 0 Å². The number of nitrogens with zero attached hydrogens (tertiary/aromatic N) is 6. The summed E-state index contributed by atoms with van der Waals surface area (Å²) in [5.41, 5.74) is 3.93. The number of alkyl halides is 3. The predicted octanol–water partition coefficient (Wildman–Crippen LogP) is 6.54. The Morgan fingerprint density at radius 2 is 1.88 bits per heavy atom. The molecule has 0 radical (unpaired) electrons. The summed E-state index contributed by atoms with van der Waals surface area (Å²) in [4.78, 5) is 31.7. The van der Waals surface area contributed by atoms with E-state index in [1.54, 1.807) is 51.4 Å². The Hall–Kier alpha value is -4.48. The molecule has 2 aliphatic rings. The largest absolute Gasteiger partial charge is 0.480 e. The number of ether oxygens (including phenoxy) is 2. The van der Waals surface area contributed by atoms with E-state index < -0.39 is 18.0 Å². The molecule has 212 valence electrons. The molecule has 0 atom stereocenters. The van der Waals surface area contributed by atoms with Crippen molar-refractivity contribution in [2.45, 2.75) is 58.0 Å². The minimum absolute atomic E-state index is 0.0915. The van der Waals surface area contributed by atoms with Crippen LogP contribution in [0.5, 0.6) is 5.88 Å². The van der Waals surface area contributed by atoms with Crippen molar-refractivity contribution >= 4 is 11.8 Å². The molecule has 0 N–H and O–H groups in total. The first-order valence-electron chi connectivity index (χ1n) is 13.2. The molecule has 41 heavy (non-hydrogen) atoms. The number of hydrogen-bond donors (Lipinski definition) is 0. The number of methoxy groups -OCH3 is 1. The number of pyridine rings is 1. The molecular formula is C29H27F3N6O3. The lowest BCUT2D eigenvalue weighted by molar-refractivity contribution is -0.140. The number of rotatable bonds is 7. The SMILES string of the molecule is COc1ncnc(C2CC2)c1-c1cc2c(cn1)COC(=O)N2Cc1ccc(-c2nc(C(F)(F)F)cn2C(C)C)cc1. The molecule has 1 aliphatic carbocycles. The van der Waals surface area contributed by atoms with Crippen LogP contribution in [-0.2, 0) is 24.1 Å². The van der Waals surface area contributed by atoms with Crippen LogP contribution in [0.1, 0.15) is 61.2 Å². The Morgan fingerprint density at radius 3 is 2.54 bits per heavy atom. The number of amides is 1. The number of imidazole rings is 1. The van der Waals surface area contributed by atoms with E-state index >= 15 is 0 Å². The van der Waals surface area contributed by atoms with E-state index in [4.69, 9.17) is 9.47 Å². The maximum atomic E-state index is 13.3. The van der Waals surface area contributed by atoms with Crippen LogP contribution in [0.2, 0.25) is 0 Å².